The molecule has 0 amide bonds. The number of carbonyl (C=O) groups excluding carboxylic acids is 1. The summed E-state index contributed by atoms with van der Waals surface area (Å²) in [6, 6.07) is 0.663. The quantitative estimate of drug-likeness (QED) is 0.651. The molecule has 0 radical (unpaired) electrons. The first kappa shape index (κ1) is 9.00. The van der Waals surface area contributed by atoms with Crippen molar-refractivity contribution in [2.75, 3.05) is 13.2 Å². The molecule has 3 rings (SSSR count). The highest BCUT2D eigenvalue weighted by molar-refractivity contribution is 5.77. The minimum atomic E-state index is -0.176. The van der Waals surface area contributed by atoms with Gasteiger partial charge in [-0.25, -0.2) is 0 Å². The van der Waals surface area contributed by atoms with Crippen LogP contribution in [0.15, 0.2) is 0 Å². The molecule has 1 N–H and O–H groups in total. The fourth-order valence-corrected chi connectivity index (χ4v) is 2.45. The number of carbonyl (C=O) groups is 1. The van der Waals surface area contributed by atoms with Gasteiger partial charge in [0.05, 0.1) is 12.0 Å². The minimum absolute atomic E-state index is 0.0145. The number of rotatable bonds is 2. The van der Waals surface area contributed by atoms with E-state index in [9.17, 15) is 4.79 Å². The van der Waals surface area contributed by atoms with Gasteiger partial charge < -0.3 is 10.1 Å². The standard InChI is InChI=1S/C10H17NO2/c1-2-13-9(12)10-5-3-8(4-6-10)11-7-10/h8,11H,2-7H2,1H3. The van der Waals surface area contributed by atoms with Gasteiger partial charge in [0, 0.05) is 12.6 Å². The van der Waals surface area contributed by atoms with Crippen molar-refractivity contribution >= 4 is 5.97 Å². The summed E-state index contributed by atoms with van der Waals surface area (Å²) in [7, 11) is 0. The molecule has 1 aliphatic carbocycles. The fraction of sp³-hybridized carbons (Fsp3) is 0.900. The molecule has 0 spiro atoms. The van der Waals surface area contributed by atoms with E-state index in [1.165, 1.54) is 0 Å². The lowest BCUT2D eigenvalue weighted by Crippen LogP contribution is -2.55. The average Bonchev–Trinajstić information content (AvgIpc) is 2.21. The lowest BCUT2D eigenvalue weighted by Gasteiger charge is -2.44. The van der Waals surface area contributed by atoms with Gasteiger partial charge in [-0.15, -0.1) is 0 Å². The summed E-state index contributed by atoms with van der Waals surface area (Å²) in [6.07, 6.45) is 4.31. The van der Waals surface area contributed by atoms with E-state index in [-0.39, 0.29) is 11.4 Å². The van der Waals surface area contributed by atoms with E-state index in [1.807, 2.05) is 6.92 Å². The Kier molecular flexibility index (Phi) is 2.28. The Morgan fingerprint density at radius 3 is 2.69 bits per heavy atom. The molecule has 0 aromatic rings. The van der Waals surface area contributed by atoms with Crippen molar-refractivity contribution in [3.05, 3.63) is 0 Å². The van der Waals surface area contributed by atoms with Crippen molar-refractivity contribution in [3.8, 4) is 0 Å². The Balaban J connectivity index is 2.05. The third-order valence-corrected chi connectivity index (χ3v) is 3.38. The van der Waals surface area contributed by atoms with Crippen LogP contribution in [0.3, 0.4) is 0 Å². The van der Waals surface area contributed by atoms with E-state index >= 15 is 0 Å². The molecule has 3 nitrogen and oxygen atoms in total. The highest BCUT2D eigenvalue weighted by atomic mass is 16.5. The maximum Gasteiger partial charge on any atom is 0.313 e. The molecule has 74 valence electrons. The molecule has 13 heavy (non-hydrogen) atoms. The maximum absolute atomic E-state index is 11.7. The van der Waals surface area contributed by atoms with Crippen LogP contribution in [0.25, 0.3) is 0 Å². The van der Waals surface area contributed by atoms with Crippen molar-refractivity contribution in [3.63, 3.8) is 0 Å². The number of hydrogen-bond acceptors (Lipinski definition) is 3. The van der Waals surface area contributed by atoms with Crippen molar-refractivity contribution < 1.29 is 9.53 Å². The Morgan fingerprint density at radius 1 is 1.54 bits per heavy atom. The topological polar surface area (TPSA) is 38.3 Å². The molecule has 2 bridgehead atoms. The Labute approximate surface area is 78.8 Å². The van der Waals surface area contributed by atoms with Crippen molar-refractivity contribution in [1.29, 1.82) is 0 Å². The summed E-state index contributed by atoms with van der Waals surface area (Å²) < 4.78 is 5.12. The minimum Gasteiger partial charge on any atom is -0.466 e. The van der Waals surface area contributed by atoms with Crippen LogP contribution in [0.2, 0.25) is 0 Å². The molecular formula is C10H17NO2. The maximum atomic E-state index is 11.7. The SMILES string of the molecule is CCOC(=O)C12CCC(CC1)NC2. The van der Waals surface area contributed by atoms with Crippen LogP contribution in [0.5, 0.6) is 0 Å². The number of nitrogens with one attached hydrogen (secondary N) is 1. The number of esters is 1. The molecule has 0 aromatic heterocycles. The molecule has 3 heteroatoms. The lowest BCUT2D eigenvalue weighted by molar-refractivity contribution is -0.160. The molecule has 0 unspecified atom stereocenters. The first-order chi connectivity index (χ1) is 6.27. The van der Waals surface area contributed by atoms with Gasteiger partial charge in [-0.1, -0.05) is 0 Å². The van der Waals surface area contributed by atoms with Crippen LogP contribution in [0.4, 0.5) is 0 Å². The summed E-state index contributed by atoms with van der Waals surface area (Å²) in [5.74, 6) is 0.0145. The summed E-state index contributed by atoms with van der Waals surface area (Å²) in [5.41, 5.74) is -0.176. The fourth-order valence-electron chi connectivity index (χ4n) is 2.45. The van der Waals surface area contributed by atoms with Crippen LogP contribution in [-0.4, -0.2) is 25.2 Å². The molecule has 3 aliphatic rings. The summed E-state index contributed by atoms with van der Waals surface area (Å²) in [5, 5.41) is 3.40. The molecule has 0 atom stereocenters. The van der Waals surface area contributed by atoms with Gasteiger partial charge in [-0.3, -0.25) is 4.79 Å². The molecule has 2 saturated heterocycles. The number of ether oxygens (including phenoxy) is 1. The predicted octanol–water partition coefficient (Wildman–Crippen LogP) is 1.08. The van der Waals surface area contributed by atoms with Crippen LogP contribution in [-0.2, 0) is 9.53 Å². The smallest absolute Gasteiger partial charge is 0.313 e. The molecular weight excluding hydrogens is 166 g/mol. The zero-order chi connectivity index (χ0) is 9.31. The molecule has 0 aromatic carbocycles. The van der Waals surface area contributed by atoms with Gasteiger partial charge in [0.25, 0.3) is 0 Å². The van der Waals surface area contributed by atoms with Gasteiger partial charge in [0.2, 0.25) is 0 Å². The number of fused-ring (bicyclic) bond motifs is 3. The lowest BCUT2D eigenvalue weighted by atomic mass is 9.69. The molecule has 2 heterocycles. The third-order valence-electron chi connectivity index (χ3n) is 3.38. The van der Waals surface area contributed by atoms with E-state index < -0.39 is 0 Å². The van der Waals surface area contributed by atoms with Crippen LogP contribution in [0.1, 0.15) is 32.6 Å². The second-order valence-electron chi connectivity index (χ2n) is 4.16. The Hall–Kier alpha value is -0.570. The third kappa shape index (κ3) is 1.46. The zero-order valence-electron chi connectivity index (χ0n) is 8.14. The normalized spacial score (nSPS) is 37.5. The van der Waals surface area contributed by atoms with E-state index in [4.69, 9.17) is 4.74 Å². The van der Waals surface area contributed by atoms with Crippen molar-refractivity contribution in [1.82, 2.24) is 5.32 Å². The highest BCUT2D eigenvalue weighted by Crippen LogP contribution is 2.41. The summed E-state index contributed by atoms with van der Waals surface area (Å²) in [4.78, 5) is 11.7. The van der Waals surface area contributed by atoms with E-state index in [0.717, 1.165) is 32.2 Å². The largest absolute Gasteiger partial charge is 0.466 e. The van der Waals surface area contributed by atoms with Gasteiger partial charge in [-0.05, 0) is 32.6 Å². The monoisotopic (exact) mass is 183 g/mol. The Morgan fingerprint density at radius 2 is 2.23 bits per heavy atom. The second kappa shape index (κ2) is 3.29. The van der Waals surface area contributed by atoms with Crippen molar-refractivity contribution in [2.24, 2.45) is 5.41 Å². The van der Waals surface area contributed by atoms with Gasteiger partial charge in [0.1, 0.15) is 0 Å². The van der Waals surface area contributed by atoms with E-state index in [2.05, 4.69) is 5.32 Å². The highest BCUT2D eigenvalue weighted by Gasteiger charge is 2.46. The van der Waals surface area contributed by atoms with E-state index in [0.29, 0.717) is 12.6 Å². The summed E-state index contributed by atoms with van der Waals surface area (Å²) >= 11 is 0. The van der Waals surface area contributed by atoms with Crippen LogP contribution < -0.4 is 5.32 Å². The zero-order valence-corrected chi connectivity index (χ0v) is 8.14. The van der Waals surface area contributed by atoms with Crippen LogP contribution >= 0.6 is 0 Å². The average molecular weight is 183 g/mol. The second-order valence-corrected chi connectivity index (χ2v) is 4.16. The molecule has 1 saturated carbocycles. The van der Waals surface area contributed by atoms with Gasteiger partial charge in [-0.2, -0.15) is 0 Å². The first-order valence-electron chi connectivity index (χ1n) is 5.17. The number of hydrogen-bond donors (Lipinski definition) is 1. The Bertz CT molecular complexity index is 193. The first-order valence-corrected chi connectivity index (χ1v) is 5.17. The van der Waals surface area contributed by atoms with Crippen molar-refractivity contribution in [2.45, 2.75) is 38.6 Å². The predicted molar refractivity (Wildman–Crippen MR) is 49.3 cm³/mol. The molecule has 3 fully saturated rings. The van der Waals surface area contributed by atoms with Gasteiger partial charge in [0.15, 0.2) is 0 Å². The molecule has 2 aliphatic heterocycles. The number of piperidine rings is 2. The van der Waals surface area contributed by atoms with Crippen LogP contribution in [0, 0.1) is 5.41 Å². The van der Waals surface area contributed by atoms with Gasteiger partial charge >= 0.3 is 5.97 Å². The van der Waals surface area contributed by atoms with E-state index in [1.54, 1.807) is 0 Å². The summed E-state index contributed by atoms with van der Waals surface area (Å²) in [6.45, 7) is 3.21.